The molecule has 0 amide bonds. The fourth-order valence-corrected chi connectivity index (χ4v) is 9.93. The van der Waals surface area contributed by atoms with Crippen molar-refractivity contribution >= 4 is 17.9 Å². The number of esters is 3. The zero-order chi connectivity index (χ0) is 51.1. The number of carbonyl (C=O) groups is 3. The van der Waals surface area contributed by atoms with Crippen LogP contribution < -0.4 is 0 Å². The predicted octanol–water partition coefficient (Wildman–Crippen LogP) is 21.2. The molecule has 0 rings (SSSR count). The van der Waals surface area contributed by atoms with E-state index in [-0.39, 0.29) is 31.1 Å². The second-order valence-corrected chi connectivity index (χ2v) is 23.0. The Morgan fingerprint density at radius 1 is 0.271 bits per heavy atom. The second kappa shape index (κ2) is 56.7. The van der Waals surface area contributed by atoms with Gasteiger partial charge < -0.3 is 14.2 Å². The molecule has 416 valence electrons. The molecule has 0 saturated heterocycles. The zero-order valence-corrected chi connectivity index (χ0v) is 48.2. The lowest BCUT2D eigenvalue weighted by atomic mass is 10.0. The lowest BCUT2D eigenvalue weighted by Gasteiger charge is -2.18. The molecule has 1 atom stereocenters. The Labute approximate surface area is 438 Å². The van der Waals surface area contributed by atoms with Crippen LogP contribution in [0, 0.1) is 11.8 Å². The number of carbonyl (C=O) groups excluding carboxylic acids is 3. The molecule has 0 aliphatic rings. The van der Waals surface area contributed by atoms with Gasteiger partial charge in [0.05, 0.1) is 0 Å². The van der Waals surface area contributed by atoms with Gasteiger partial charge in [-0.3, -0.25) is 14.4 Å². The van der Waals surface area contributed by atoms with Gasteiger partial charge in [-0.2, -0.15) is 0 Å². The average molecular weight is 990 g/mol. The molecule has 0 aromatic rings. The first kappa shape index (κ1) is 68.4. The Balaban J connectivity index is 4.26. The van der Waals surface area contributed by atoms with E-state index in [1.165, 1.54) is 250 Å². The summed E-state index contributed by atoms with van der Waals surface area (Å²) >= 11 is 0. The van der Waals surface area contributed by atoms with Crippen LogP contribution in [0.4, 0.5) is 0 Å². The van der Waals surface area contributed by atoms with Gasteiger partial charge in [-0.25, -0.2) is 0 Å². The van der Waals surface area contributed by atoms with Crippen LogP contribution in [0.3, 0.4) is 0 Å². The summed E-state index contributed by atoms with van der Waals surface area (Å²) in [6.07, 6.45) is 62.4. The molecule has 0 N–H and O–H groups in total. The van der Waals surface area contributed by atoms with Crippen molar-refractivity contribution < 1.29 is 28.6 Å². The van der Waals surface area contributed by atoms with E-state index >= 15 is 0 Å². The highest BCUT2D eigenvalue weighted by molar-refractivity contribution is 5.71. The summed E-state index contributed by atoms with van der Waals surface area (Å²) < 4.78 is 17.0. The van der Waals surface area contributed by atoms with Crippen molar-refractivity contribution in [1.82, 2.24) is 0 Å². The zero-order valence-electron chi connectivity index (χ0n) is 48.2. The van der Waals surface area contributed by atoms with Gasteiger partial charge in [0, 0.05) is 19.3 Å². The predicted molar refractivity (Wildman–Crippen MR) is 303 cm³/mol. The SMILES string of the molecule is CCCCCCCCCCCCCCCCCC(=O)OC[C@@H](COC(=O)CCCCCCCCCCCCCCCCCCCCC(C)C)OC(=O)CCCCCCCCCCCCCCCC(C)C. The van der Waals surface area contributed by atoms with Crippen molar-refractivity contribution in [2.24, 2.45) is 11.8 Å². The second-order valence-electron chi connectivity index (χ2n) is 23.0. The molecule has 0 aromatic heterocycles. The van der Waals surface area contributed by atoms with Crippen molar-refractivity contribution in [2.75, 3.05) is 13.2 Å². The van der Waals surface area contributed by atoms with E-state index in [1.54, 1.807) is 0 Å². The number of hydrogen-bond donors (Lipinski definition) is 0. The number of ether oxygens (including phenoxy) is 3. The molecular weight excluding hydrogens is 865 g/mol. The summed E-state index contributed by atoms with van der Waals surface area (Å²) in [5.41, 5.74) is 0. The van der Waals surface area contributed by atoms with Crippen molar-refractivity contribution in [2.45, 2.75) is 368 Å². The molecule has 0 unspecified atom stereocenters. The maximum absolute atomic E-state index is 12.9. The van der Waals surface area contributed by atoms with E-state index in [2.05, 4.69) is 34.6 Å². The van der Waals surface area contributed by atoms with Gasteiger partial charge in [0.25, 0.3) is 0 Å². The van der Waals surface area contributed by atoms with Crippen LogP contribution in [0.1, 0.15) is 362 Å². The molecule has 0 radical (unpaired) electrons. The number of hydrogen-bond acceptors (Lipinski definition) is 6. The fraction of sp³-hybridized carbons (Fsp3) is 0.953. The largest absolute Gasteiger partial charge is 0.462 e. The third-order valence-electron chi connectivity index (χ3n) is 14.7. The van der Waals surface area contributed by atoms with Crippen LogP contribution in [0.5, 0.6) is 0 Å². The minimum atomic E-state index is -0.763. The maximum Gasteiger partial charge on any atom is 0.306 e. The Morgan fingerprint density at radius 2 is 0.471 bits per heavy atom. The van der Waals surface area contributed by atoms with E-state index in [1.807, 2.05) is 0 Å². The quantitative estimate of drug-likeness (QED) is 0.0343. The maximum atomic E-state index is 12.9. The van der Waals surface area contributed by atoms with Gasteiger partial charge in [-0.15, -0.1) is 0 Å². The minimum absolute atomic E-state index is 0.0619. The third-order valence-corrected chi connectivity index (χ3v) is 14.7. The van der Waals surface area contributed by atoms with Crippen LogP contribution in [0.15, 0.2) is 0 Å². The van der Waals surface area contributed by atoms with Crippen LogP contribution in [-0.2, 0) is 28.6 Å². The molecule has 0 aliphatic carbocycles. The number of rotatable bonds is 58. The van der Waals surface area contributed by atoms with Crippen molar-refractivity contribution in [3.63, 3.8) is 0 Å². The molecule has 6 nitrogen and oxygen atoms in total. The van der Waals surface area contributed by atoms with Crippen LogP contribution >= 0.6 is 0 Å². The highest BCUT2D eigenvalue weighted by atomic mass is 16.6. The Bertz CT molecular complexity index is 1070. The third kappa shape index (κ3) is 57.3. The van der Waals surface area contributed by atoms with Gasteiger partial charge >= 0.3 is 17.9 Å². The van der Waals surface area contributed by atoms with Crippen LogP contribution in [0.25, 0.3) is 0 Å². The van der Waals surface area contributed by atoms with E-state index < -0.39 is 6.10 Å². The number of unbranched alkanes of at least 4 members (excludes halogenated alkanes) is 43. The molecule has 0 aromatic carbocycles. The van der Waals surface area contributed by atoms with Crippen LogP contribution in [0.2, 0.25) is 0 Å². The molecule has 0 spiro atoms. The molecule has 0 saturated carbocycles. The molecule has 0 bridgehead atoms. The van der Waals surface area contributed by atoms with E-state index in [9.17, 15) is 14.4 Å². The highest BCUT2D eigenvalue weighted by Crippen LogP contribution is 2.19. The van der Waals surface area contributed by atoms with Crippen LogP contribution in [-0.4, -0.2) is 37.2 Å². The summed E-state index contributed by atoms with van der Waals surface area (Å²) in [5, 5.41) is 0. The van der Waals surface area contributed by atoms with Gasteiger partial charge in [0.2, 0.25) is 0 Å². The first-order chi connectivity index (χ1) is 34.2. The summed E-state index contributed by atoms with van der Waals surface area (Å²) in [5.74, 6) is 0.866. The molecule has 0 fully saturated rings. The van der Waals surface area contributed by atoms with E-state index in [0.29, 0.717) is 19.3 Å². The lowest BCUT2D eigenvalue weighted by Crippen LogP contribution is -2.30. The first-order valence-corrected chi connectivity index (χ1v) is 31.7. The highest BCUT2D eigenvalue weighted by Gasteiger charge is 2.19. The molecule has 0 heterocycles. The molecule has 0 aliphatic heterocycles. The van der Waals surface area contributed by atoms with Crippen molar-refractivity contribution in [3.8, 4) is 0 Å². The first-order valence-electron chi connectivity index (χ1n) is 31.7. The minimum Gasteiger partial charge on any atom is -0.462 e. The normalized spacial score (nSPS) is 12.0. The summed E-state index contributed by atoms with van der Waals surface area (Å²) in [4.78, 5) is 38.3. The van der Waals surface area contributed by atoms with Gasteiger partial charge in [-0.05, 0) is 31.1 Å². The topological polar surface area (TPSA) is 78.9 Å². The van der Waals surface area contributed by atoms with Gasteiger partial charge in [0.1, 0.15) is 13.2 Å². The van der Waals surface area contributed by atoms with E-state index in [0.717, 1.165) is 69.6 Å². The fourth-order valence-electron chi connectivity index (χ4n) is 9.93. The summed E-state index contributed by atoms with van der Waals surface area (Å²) in [7, 11) is 0. The summed E-state index contributed by atoms with van der Waals surface area (Å²) in [6.45, 7) is 11.5. The lowest BCUT2D eigenvalue weighted by molar-refractivity contribution is -0.167. The van der Waals surface area contributed by atoms with Crippen molar-refractivity contribution in [3.05, 3.63) is 0 Å². The summed E-state index contributed by atoms with van der Waals surface area (Å²) in [6, 6.07) is 0. The smallest absolute Gasteiger partial charge is 0.306 e. The Kier molecular flexibility index (Phi) is 55.4. The monoisotopic (exact) mass is 989 g/mol. The molecular formula is C64H124O6. The molecule has 70 heavy (non-hydrogen) atoms. The molecule has 6 heteroatoms. The van der Waals surface area contributed by atoms with Gasteiger partial charge in [-0.1, -0.05) is 324 Å². The Hall–Kier alpha value is -1.59. The average Bonchev–Trinajstić information content (AvgIpc) is 3.33. The van der Waals surface area contributed by atoms with E-state index in [4.69, 9.17) is 14.2 Å². The van der Waals surface area contributed by atoms with Gasteiger partial charge in [0.15, 0.2) is 6.10 Å². The Morgan fingerprint density at radius 3 is 0.700 bits per heavy atom. The van der Waals surface area contributed by atoms with Crippen molar-refractivity contribution in [1.29, 1.82) is 0 Å². The standard InChI is InChI=1S/C64H124O6/c1-6-7-8-9-10-11-12-13-18-24-29-34-39-44-49-54-62(65)68-57-61(70-64(67)56-51-46-41-36-31-26-21-23-28-33-38-43-48-53-60(4)5)58-69-63(66)55-50-45-40-35-30-25-20-17-15-14-16-19-22-27-32-37-42-47-52-59(2)3/h59-61H,6-58H2,1-5H3/t61-/m0/s1.